The number of hydrogen-bond acceptors (Lipinski definition) is 3. The predicted octanol–water partition coefficient (Wildman–Crippen LogP) is 2.15. The molecule has 0 heterocycles. The van der Waals surface area contributed by atoms with E-state index < -0.39 is 0 Å². The summed E-state index contributed by atoms with van der Waals surface area (Å²) >= 11 is 0. The van der Waals surface area contributed by atoms with Gasteiger partial charge in [-0.05, 0) is 17.5 Å². The fraction of sp³-hybridized carbons (Fsp3) is 0.417. The molecular formula is C12H17NO3. The molecule has 4 heteroatoms. The minimum Gasteiger partial charge on any atom is -0.507 e. The Hall–Kier alpha value is -1.55. The number of amides is 1. The third-order valence-corrected chi connectivity index (χ3v) is 2.48. The predicted molar refractivity (Wildman–Crippen MR) is 61.3 cm³/mol. The Bertz CT molecular complexity index is 388. The van der Waals surface area contributed by atoms with Crippen molar-refractivity contribution in [2.75, 3.05) is 14.2 Å². The lowest BCUT2D eigenvalue weighted by Crippen LogP contribution is -2.25. The monoisotopic (exact) mass is 223 g/mol. The van der Waals surface area contributed by atoms with Gasteiger partial charge in [-0.2, -0.15) is 0 Å². The summed E-state index contributed by atoms with van der Waals surface area (Å²) in [5, 5.41) is 11.1. The molecule has 1 amide bonds. The molecule has 1 aromatic rings. The van der Waals surface area contributed by atoms with Gasteiger partial charge < -0.3 is 5.11 Å². The number of phenolic OH excluding ortho intramolecular Hbond substituents is 1. The lowest BCUT2D eigenvalue weighted by Gasteiger charge is -2.16. The van der Waals surface area contributed by atoms with Crippen molar-refractivity contribution < 1.29 is 14.7 Å². The lowest BCUT2D eigenvalue weighted by atomic mass is 9.99. The average molecular weight is 223 g/mol. The van der Waals surface area contributed by atoms with Crippen molar-refractivity contribution in [2.45, 2.75) is 19.8 Å². The second-order valence-electron chi connectivity index (χ2n) is 3.88. The van der Waals surface area contributed by atoms with E-state index in [0.29, 0.717) is 0 Å². The van der Waals surface area contributed by atoms with Crippen LogP contribution >= 0.6 is 0 Å². The number of nitrogens with zero attached hydrogens (tertiary/aromatic N) is 1. The number of carbonyl (C=O) groups is 1. The first-order valence-corrected chi connectivity index (χ1v) is 5.13. The van der Waals surface area contributed by atoms with Gasteiger partial charge in [0.15, 0.2) is 0 Å². The fourth-order valence-corrected chi connectivity index (χ4v) is 1.45. The van der Waals surface area contributed by atoms with Crippen LogP contribution < -0.4 is 0 Å². The fourth-order valence-electron chi connectivity index (χ4n) is 1.45. The molecule has 4 nitrogen and oxygen atoms in total. The van der Waals surface area contributed by atoms with E-state index in [2.05, 4.69) is 0 Å². The maximum absolute atomic E-state index is 11.8. The molecule has 0 fully saturated rings. The van der Waals surface area contributed by atoms with Crippen LogP contribution in [0.3, 0.4) is 0 Å². The zero-order chi connectivity index (χ0) is 12.3. The van der Waals surface area contributed by atoms with E-state index in [9.17, 15) is 9.90 Å². The SMILES string of the molecule is CON(C)C(=O)c1cccc(C(C)C)c1O. The van der Waals surface area contributed by atoms with Gasteiger partial charge in [0.05, 0.1) is 12.7 Å². The van der Waals surface area contributed by atoms with Gasteiger partial charge >= 0.3 is 0 Å². The van der Waals surface area contributed by atoms with Gasteiger partial charge in [-0.25, -0.2) is 5.06 Å². The van der Waals surface area contributed by atoms with Gasteiger partial charge in [0, 0.05) is 7.05 Å². The van der Waals surface area contributed by atoms with Crippen LogP contribution in [0.4, 0.5) is 0 Å². The summed E-state index contributed by atoms with van der Waals surface area (Å²) in [5.74, 6) is -0.158. The number of aromatic hydroxyl groups is 1. The number of hydrogen-bond donors (Lipinski definition) is 1. The summed E-state index contributed by atoms with van der Waals surface area (Å²) in [7, 11) is 2.91. The molecule has 1 rings (SSSR count). The number of para-hydroxylation sites is 1. The third-order valence-electron chi connectivity index (χ3n) is 2.48. The van der Waals surface area contributed by atoms with Crippen LogP contribution in [-0.4, -0.2) is 30.2 Å². The summed E-state index contributed by atoms with van der Waals surface area (Å²) in [6.07, 6.45) is 0. The van der Waals surface area contributed by atoms with Crippen molar-refractivity contribution in [2.24, 2.45) is 0 Å². The molecule has 1 N–H and O–H groups in total. The van der Waals surface area contributed by atoms with E-state index in [1.54, 1.807) is 12.1 Å². The van der Waals surface area contributed by atoms with E-state index in [-0.39, 0.29) is 23.1 Å². The Morgan fingerprint density at radius 3 is 2.56 bits per heavy atom. The highest BCUT2D eigenvalue weighted by molar-refractivity contribution is 5.96. The van der Waals surface area contributed by atoms with Gasteiger partial charge in [0.25, 0.3) is 5.91 Å². The van der Waals surface area contributed by atoms with Crippen molar-refractivity contribution in [1.82, 2.24) is 5.06 Å². The smallest absolute Gasteiger partial charge is 0.280 e. The highest BCUT2D eigenvalue weighted by atomic mass is 16.7. The highest BCUT2D eigenvalue weighted by Crippen LogP contribution is 2.29. The van der Waals surface area contributed by atoms with E-state index in [0.717, 1.165) is 10.6 Å². The second kappa shape index (κ2) is 4.99. The Morgan fingerprint density at radius 2 is 2.06 bits per heavy atom. The first-order chi connectivity index (χ1) is 7.49. The Kier molecular flexibility index (Phi) is 3.90. The molecule has 16 heavy (non-hydrogen) atoms. The van der Waals surface area contributed by atoms with Gasteiger partial charge in [0.1, 0.15) is 5.75 Å². The molecule has 0 aliphatic carbocycles. The van der Waals surface area contributed by atoms with E-state index in [4.69, 9.17) is 4.84 Å². The number of phenols is 1. The first kappa shape index (κ1) is 12.5. The average Bonchev–Trinajstić information content (AvgIpc) is 2.27. The zero-order valence-corrected chi connectivity index (χ0v) is 10.0. The molecule has 0 spiro atoms. The van der Waals surface area contributed by atoms with E-state index in [1.807, 2.05) is 19.9 Å². The molecule has 1 aromatic carbocycles. The summed E-state index contributed by atoms with van der Waals surface area (Å²) in [5.41, 5.74) is 1.02. The molecule has 88 valence electrons. The Labute approximate surface area is 95.4 Å². The van der Waals surface area contributed by atoms with Crippen LogP contribution in [0.15, 0.2) is 18.2 Å². The van der Waals surface area contributed by atoms with Crippen LogP contribution in [0, 0.1) is 0 Å². The number of benzene rings is 1. The topological polar surface area (TPSA) is 49.8 Å². The molecule has 0 radical (unpaired) electrons. The van der Waals surface area contributed by atoms with Crippen molar-refractivity contribution in [3.05, 3.63) is 29.3 Å². The molecule has 0 aromatic heterocycles. The molecule has 0 atom stereocenters. The summed E-state index contributed by atoms with van der Waals surface area (Å²) in [6, 6.07) is 5.15. The maximum Gasteiger partial charge on any atom is 0.280 e. The zero-order valence-electron chi connectivity index (χ0n) is 10.0. The van der Waals surface area contributed by atoms with Crippen LogP contribution in [0.25, 0.3) is 0 Å². The maximum atomic E-state index is 11.8. The molecule has 0 bridgehead atoms. The number of carbonyl (C=O) groups excluding carboxylic acids is 1. The molecular weight excluding hydrogens is 206 g/mol. The van der Waals surface area contributed by atoms with Crippen molar-refractivity contribution in [1.29, 1.82) is 0 Å². The lowest BCUT2D eigenvalue weighted by molar-refractivity contribution is -0.0758. The summed E-state index contributed by atoms with van der Waals surface area (Å²) in [6.45, 7) is 3.92. The normalized spacial score (nSPS) is 10.6. The van der Waals surface area contributed by atoms with Crippen molar-refractivity contribution in [3.63, 3.8) is 0 Å². The third kappa shape index (κ3) is 2.33. The molecule has 0 saturated carbocycles. The quantitative estimate of drug-likeness (QED) is 0.799. The van der Waals surface area contributed by atoms with Gasteiger partial charge in [-0.15, -0.1) is 0 Å². The standard InChI is InChI=1S/C12H17NO3/c1-8(2)9-6-5-7-10(11(9)14)12(15)13(3)16-4/h5-8,14H,1-4H3. The molecule has 0 aliphatic heterocycles. The second-order valence-corrected chi connectivity index (χ2v) is 3.88. The van der Waals surface area contributed by atoms with Crippen LogP contribution in [0.1, 0.15) is 35.7 Å². The van der Waals surface area contributed by atoms with Gasteiger partial charge in [0.2, 0.25) is 0 Å². The number of hydroxylamine groups is 2. The molecule has 0 saturated heterocycles. The van der Waals surface area contributed by atoms with Gasteiger partial charge in [-0.3, -0.25) is 9.63 Å². The minimum atomic E-state index is -0.359. The molecule has 0 unspecified atom stereocenters. The Morgan fingerprint density at radius 1 is 1.44 bits per heavy atom. The van der Waals surface area contributed by atoms with E-state index in [1.165, 1.54) is 14.2 Å². The van der Waals surface area contributed by atoms with Crippen LogP contribution in [0.5, 0.6) is 5.75 Å². The largest absolute Gasteiger partial charge is 0.507 e. The molecule has 0 aliphatic rings. The highest BCUT2D eigenvalue weighted by Gasteiger charge is 2.18. The first-order valence-electron chi connectivity index (χ1n) is 5.13. The van der Waals surface area contributed by atoms with Crippen LogP contribution in [-0.2, 0) is 4.84 Å². The Balaban J connectivity index is 3.15. The number of rotatable bonds is 3. The van der Waals surface area contributed by atoms with Crippen molar-refractivity contribution >= 4 is 5.91 Å². The summed E-state index contributed by atoms with van der Waals surface area (Å²) in [4.78, 5) is 16.6. The minimum absolute atomic E-state index is 0.0337. The van der Waals surface area contributed by atoms with E-state index >= 15 is 0 Å². The van der Waals surface area contributed by atoms with Crippen molar-refractivity contribution in [3.8, 4) is 5.75 Å². The van der Waals surface area contributed by atoms with Crippen LogP contribution in [0.2, 0.25) is 0 Å². The van der Waals surface area contributed by atoms with Gasteiger partial charge in [-0.1, -0.05) is 26.0 Å². The summed E-state index contributed by atoms with van der Waals surface area (Å²) < 4.78 is 0.